The van der Waals surface area contributed by atoms with Gasteiger partial charge in [-0.15, -0.1) is 6.42 Å². The molecule has 45 heavy (non-hydrogen) atoms. The molecule has 7 rings (SSSR count). The van der Waals surface area contributed by atoms with E-state index in [0.717, 1.165) is 38.1 Å². The van der Waals surface area contributed by atoms with Crippen molar-refractivity contribution in [2.75, 3.05) is 49.1 Å². The summed E-state index contributed by atoms with van der Waals surface area (Å²) in [4.78, 5) is 20.1. The van der Waals surface area contributed by atoms with Crippen LogP contribution in [0.4, 0.5) is 29.3 Å². The zero-order valence-corrected chi connectivity index (χ0v) is 25.0. The third-order valence-corrected chi connectivity index (χ3v) is 9.43. The van der Waals surface area contributed by atoms with Crippen molar-refractivity contribution in [3.05, 3.63) is 47.4 Å². The van der Waals surface area contributed by atoms with Crippen LogP contribution in [0.1, 0.15) is 37.8 Å². The molecule has 8 nitrogen and oxygen atoms in total. The van der Waals surface area contributed by atoms with Crippen molar-refractivity contribution in [3.8, 4) is 29.4 Å². The lowest BCUT2D eigenvalue weighted by Crippen LogP contribution is -2.60. The summed E-state index contributed by atoms with van der Waals surface area (Å²) in [7, 11) is 0. The van der Waals surface area contributed by atoms with Gasteiger partial charge in [0.25, 0.3) is 0 Å². The molecule has 3 fully saturated rings. The van der Waals surface area contributed by atoms with Gasteiger partial charge in [0.1, 0.15) is 22.9 Å². The molecule has 3 aliphatic heterocycles. The van der Waals surface area contributed by atoms with E-state index in [0.29, 0.717) is 32.0 Å². The quantitative estimate of drug-likeness (QED) is 0.227. The summed E-state index contributed by atoms with van der Waals surface area (Å²) in [5.74, 6) is 1.86. The molecule has 0 spiro atoms. The molecule has 2 atom stereocenters. The Balaban J connectivity index is 1.47. The number of nitrogens with one attached hydrogen (secondary N) is 1. The van der Waals surface area contributed by atoms with Gasteiger partial charge in [0.05, 0.1) is 22.2 Å². The third-order valence-electron chi connectivity index (χ3n) is 9.43. The van der Waals surface area contributed by atoms with E-state index in [-0.39, 0.29) is 62.6 Å². The van der Waals surface area contributed by atoms with Crippen molar-refractivity contribution in [2.45, 2.75) is 51.0 Å². The molecule has 0 saturated carbocycles. The van der Waals surface area contributed by atoms with Gasteiger partial charge in [-0.25, -0.2) is 9.37 Å². The number of phenolic OH excluding ortho intramolecular Hbond substituents is 1. The summed E-state index contributed by atoms with van der Waals surface area (Å²) in [5.41, 5.74) is -2.19. The highest BCUT2D eigenvalue weighted by Gasteiger charge is 2.41. The Morgan fingerprint density at radius 2 is 1.76 bits per heavy atom. The number of fused-ring (bicyclic) bond motifs is 4. The summed E-state index contributed by atoms with van der Waals surface area (Å²) >= 11 is 0. The maximum absolute atomic E-state index is 15.3. The van der Waals surface area contributed by atoms with Crippen LogP contribution < -0.4 is 15.1 Å². The first-order valence-corrected chi connectivity index (χ1v) is 15.3. The smallest absolute Gasteiger partial charge is 0.420 e. The van der Waals surface area contributed by atoms with Gasteiger partial charge < -0.3 is 20.2 Å². The Labute approximate surface area is 258 Å². The molecule has 3 saturated heterocycles. The van der Waals surface area contributed by atoms with Gasteiger partial charge in [-0.05, 0) is 49.5 Å². The van der Waals surface area contributed by atoms with Crippen molar-refractivity contribution in [3.63, 3.8) is 0 Å². The fourth-order valence-electron chi connectivity index (χ4n) is 7.23. The van der Waals surface area contributed by atoms with Crippen LogP contribution in [-0.2, 0) is 6.18 Å². The van der Waals surface area contributed by atoms with Crippen LogP contribution in [0.25, 0.3) is 32.9 Å². The molecule has 234 valence electrons. The van der Waals surface area contributed by atoms with Gasteiger partial charge in [-0.2, -0.15) is 18.2 Å². The van der Waals surface area contributed by atoms with Crippen LogP contribution in [-0.4, -0.2) is 82.4 Å². The SMILES string of the molecule is C#Cc1c(F)ccc2cc(O)cc(-c3ncc4c(N5CC6CCC(C5)N6)nc(N5CC(N(CC)CC)C5)nc4c3C(F)(F)F)c12. The van der Waals surface area contributed by atoms with Gasteiger partial charge in [-0.1, -0.05) is 25.8 Å². The topological polar surface area (TPSA) is 80.7 Å². The number of piperazine rings is 1. The summed E-state index contributed by atoms with van der Waals surface area (Å²) < 4.78 is 60.8. The molecule has 12 heteroatoms. The maximum atomic E-state index is 15.3. The number of likely N-dealkylation sites (N-methyl/N-ethyl adjacent to an activating group) is 1. The van der Waals surface area contributed by atoms with Crippen molar-refractivity contribution in [1.29, 1.82) is 0 Å². The molecule has 0 radical (unpaired) electrons. The number of benzene rings is 2. The molecular formula is C33H33F4N7O. The Bertz CT molecular complexity index is 1830. The van der Waals surface area contributed by atoms with E-state index < -0.39 is 23.3 Å². The average Bonchev–Trinajstić information content (AvgIpc) is 3.33. The van der Waals surface area contributed by atoms with Gasteiger partial charge >= 0.3 is 6.18 Å². The maximum Gasteiger partial charge on any atom is 0.420 e. The van der Waals surface area contributed by atoms with E-state index in [2.05, 4.69) is 40.0 Å². The molecule has 4 aromatic rings. The molecule has 0 aliphatic carbocycles. The number of anilines is 2. The first kappa shape index (κ1) is 29.5. The predicted octanol–water partition coefficient (Wildman–Crippen LogP) is 5.16. The minimum Gasteiger partial charge on any atom is -0.508 e. The Morgan fingerprint density at radius 3 is 2.40 bits per heavy atom. The van der Waals surface area contributed by atoms with Crippen LogP contribution >= 0.6 is 0 Å². The van der Waals surface area contributed by atoms with E-state index in [1.807, 2.05) is 9.80 Å². The van der Waals surface area contributed by atoms with Crippen molar-refractivity contribution < 1.29 is 22.7 Å². The van der Waals surface area contributed by atoms with Crippen LogP contribution in [0.15, 0.2) is 30.5 Å². The number of phenols is 1. The van der Waals surface area contributed by atoms with Gasteiger partial charge in [0, 0.05) is 61.5 Å². The number of hydrogen-bond acceptors (Lipinski definition) is 8. The molecule has 2 aromatic carbocycles. The van der Waals surface area contributed by atoms with E-state index in [9.17, 15) is 9.50 Å². The highest BCUT2D eigenvalue weighted by molar-refractivity contribution is 6.04. The zero-order chi connectivity index (χ0) is 31.6. The normalized spacial score (nSPS) is 20.3. The number of hydrogen-bond donors (Lipinski definition) is 2. The number of halogens is 4. The Hall–Kier alpha value is -4.21. The van der Waals surface area contributed by atoms with Gasteiger partial charge in [0.2, 0.25) is 5.95 Å². The Kier molecular flexibility index (Phi) is 7.21. The molecular weight excluding hydrogens is 586 g/mol. The lowest BCUT2D eigenvalue weighted by molar-refractivity contribution is -0.136. The molecule has 2 bridgehead atoms. The highest BCUT2D eigenvalue weighted by Crippen LogP contribution is 2.45. The minimum atomic E-state index is -4.91. The summed E-state index contributed by atoms with van der Waals surface area (Å²) in [6.45, 7) is 8.32. The number of rotatable bonds is 6. The summed E-state index contributed by atoms with van der Waals surface area (Å²) in [6, 6.07) is 5.68. The Morgan fingerprint density at radius 1 is 1.04 bits per heavy atom. The molecule has 2 unspecified atom stereocenters. The van der Waals surface area contributed by atoms with E-state index in [1.54, 1.807) is 0 Å². The van der Waals surface area contributed by atoms with Crippen molar-refractivity contribution in [1.82, 2.24) is 25.2 Å². The van der Waals surface area contributed by atoms with Crippen molar-refractivity contribution in [2.24, 2.45) is 0 Å². The summed E-state index contributed by atoms with van der Waals surface area (Å²) in [5, 5.41) is 14.6. The van der Waals surface area contributed by atoms with Crippen LogP contribution in [0.3, 0.4) is 0 Å². The van der Waals surface area contributed by atoms with Gasteiger partial charge in [-0.3, -0.25) is 9.88 Å². The molecule has 3 aliphatic rings. The number of aromatic nitrogens is 3. The van der Waals surface area contributed by atoms with Crippen LogP contribution in [0.5, 0.6) is 5.75 Å². The second kappa shape index (κ2) is 11.0. The second-order valence-corrected chi connectivity index (χ2v) is 12.1. The van der Waals surface area contributed by atoms with Crippen molar-refractivity contribution >= 4 is 33.4 Å². The molecule has 2 aromatic heterocycles. The molecule has 5 heterocycles. The fourth-order valence-corrected chi connectivity index (χ4v) is 7.23. The first-order chi connectivity index (χ1) is 21.6. The number of nitrogens with zero attached hydrogens (tertiary/aromatic N) is 6. The largest absolute Gasteiger partial charge is 0.508 e. The average molecular weight is 620 g/mol. The lowest BCUT2D eigenvalue weighted by Gasteiger charge is -2.45. The number of pyridine rings is 1. The third kappa shape index (κ3) is 4.98. The number of terminal acetylenes is 1. The monoisotopic (exact) mass is 619 g/mol. The highest BCUT2D eigenvalue weighted by atomic mass is 19.4. The number of alkyl halides is 3. The predicted molar refractivity (Wildman–Crippen MR) is 166 cm³/mol. The lowest BCUT2D eigenvalue weighted by atomic mass is 9.93. The fraction of sp³-hybridized carbons (Fsp3) is 0.424. The van der Waals surface area contributed by atoms with Crippen LogP contribution in [0, 0.1) is 18.2 Å². The standard InChI is InChI=1S/C33H33F4N7O/c1-4-23-26(34)10-7-18-11-22(45)12-24(27(18)23)29-28(33(35,36)37)30-25(13-38-29)31(43-14-19-8-9-20(15-43)39-19)41-32(40-30)44-16-21(17-44)42(5-2)6-3/h1,7,10-13,19-21,39,45H,5-6,8-9,14-17H2,2-3H3. The van der Waals surface area contributed by atoms with E-state index in [4.69, 9.17) is 11.4 Å². The first-order valence-electron chi connectivity index (χ1n) is 15.3. The molecule has 2 N–H and O–H groups in total. The van der Waals surface area contributed by atoms with Crippen LogP contribution in [0.2, 0.25) is 0 Å². The molecule has 0 amide bonds. The minimum absolute atomic E-state index is 0.0608. The van der Waals surface area contributed by atoms with E-state index in [1.165, 1.54) is 18.3 Å². The number of aromatic hydroxyl groups is 1. The summed E-state index contributed by atoms with van der Waals surface area (Å²) in [6.07, 6.45) is 4.07. The van der Waals surface area contributed by atoms with E-state index >= 15 is 13.2 Å². The second-order valence-electron chi connectivity index (χ2n) is 12.1. The van der Waals surface area contributed by atoms with Gasteiger partial charge in [0.15, 0.2) is 0 Å². The zero-order valence-electron chi connectivity index (χ0n) is 25.0.